The molecule has 98 valence electrons. The molecular weight excluding hydrogens is 224 g/mol. The average Bonchev–Trinajstić information content (AvgIpc) is 2.49. The molecule has 5 nitrogen and oxygen atoms in total. The molecule has 3 atom stereocenters. The summed E-state index contributed by atoms with van der Waals surface area (Å²) in [6.07, 6.45) is 1.14. The van der Waals surface area contributed by atoms with Crippen LogP contribution in [0.5, 0.6) is 0 Å². The van der Waals surface area contributed by atoms with Gasteiger partial charge in [-0.15, -0.1) is 0 Å². The molecule has 0 aromatic carbocycles. The summed E-state index contributed by atoms with van der Waals surface area (Å²) in [5, 5.41) is 10.0. The molecule has 1 rings (SSSR count). The smallest absolute Gasteiger partial charge is 0.314 e. The Hall–Kier alpha value is -1.10. The predicted molar refractivity (Wildman–Crippen MR) is 60.1 cm³/mol. The van der Waals surface area contributed by atoms with Crippen LogP contribution in [0.2, 0.25) is 0 Å². The quantitative estimate of drug-likeness (QED) is 0.577. The van der Waals surface area contributed by atoms with Gasteiger partial charge in [0.05, 0.1) is 31.7 Å². The molecular formula is C12H20O5. The monoisotopic (exact) mass is 244 g/mol. The van der Waals surface area contributed by atoms with Gasteiger partial charge in [0.2, 0.25) is 0 Å². The number of aliphatic hydroxyl groups excluding tert-OH is 1. The first-order valence-electron chi connectivity index (χ1n) is 5.80. The second kappa shape index (κ2) is 5.49. The minimum absolute atomic E-state index is 0.235. The van der Waals surface area contributed by atoms with Crippen molar-refractivity contribution in [3.8, 4) is 0 Å². The third-order valence-electron chi connectivity index (χ3n) is 3.72. The van der Waals surface area contributed by atoms with E-state index in [1.165, 1.54) is 14.2 Å². The molecule has 0 aromatic heterocycles. The summed E-state index contributed by atoms with van der Waals surface area (Å²) in [4.78, 5) is 23.2. The van der Waals surface area contributed by atoms with Gasteiger partial charge < -0.3 is 14.6 Å². The molecule has 17 heavy (non-hydrogen) atoms. The van der Waals surface area contributed by atoms with E-state index in [1.807, 2.05) is 0 Å². The summed E-state index contributed by atoms with van der Waals surface area (Å²) in [6.45, 7) is 1.68. The lowest BCUT2D eigenvalue weighted by atomic mass is 9.80. The first kappa shape index (κ1) is 14.0. The van der Waals surface area contributed by atoms with Crippen molar-refractivity contribution in [2.45, 2.75) is 38.7 Å². The molecule has 1 N–H and O–H groups in total. The maximum absolute atomic E-state index is 11.7. The molecule has 0 aliphatic heterocycles. The van der Waals surface area contributed by atoms with Crippen LogP contribution >= 0.6 is 0 Å². The van der Waals surface area contributed by atoms with Crippen LogP contribution in [-0.4, -0.2) is 37.4 Å². The van der Waals surface area contributed by atoms with Crippen LogP contribution in [-0.2, 0) is 19.1 Å². The number of hydrogen-bond donors (Lipinski definition) is 1. The molecule has 0 spiro atoms. The molecule has 1 aliphatic carbocycles. The normalized spacial score (nSPS) is 33.6. The summed E-state index contributed by atoms with van der Waals surface area (Å²) in [6, 6.07) is 0. The summed E-state index contributed by atoms with van der Waals surface area (Å²) in [5.74, 6) is -0.928. The van der Waals surface area contributed by atoms with Gasteiger partial charge in [-0.2, -0.15) is 0 Å². The van der Waals surface area contributed by atoms with E-state index in [0.29, 0.717) is 25.7 Å². The molecule has 0 amide bonds. The fraction of sp³-hybridized carbons (Fsp3) is 0.833. The minimum atomic E-state index is -0.919. The van der Waals surface area contributed by atoms with Crippen molar-refractivity contribution in [1.82, 2.24) is 0 Å². The van der Waals surface area contributed by atoms with Crippen molar-refractivity contribution in [2.24, 2.45) is 11.3 Å². The molecule has 1 fully saturated rings. The SMILES string of the molecule is COC(=O)[C@H]1CC[C@@H](O)[C@@](C)(C(=O)OC)CC1. The number of aliphatic hydroxyl groups is 1. The lowest BCUT2D eigenvalue weighted by molar-refractivity contribution is -0.159. The van der Waals surface area contributed by atoms with Gasteiger partial charge in [0.25, 0.3) is 0 Å². The van der Waals surface area contributed by atoms with E-state index < -0.39 is 17.5 Å². The van der Waals surface area contributed by atoms with E-state index in [1.54, 1.807) is 6.92 Å². The summed E-state index contributed by atoms with van der Waals surface area (Å²) < 4.78 is 9.42. The molecule has 1 saturated carbocycles. The Balaban J connectivity index is 2.79. The zero-order valence-electron chi connectivity index (χ0n) is 10.6. The lowest BCUT2D eigenvalue weighted by Crippen LogP contribution is -2.39. The van der Waals surface area contributed by atoms with Gasteiger partial charge in [-0.25, -0.2) is 0 Å². The fourth-order valence-electron chi connectivity index (χ4n) is 2.34. The molecule has 5 heteroatoms. The van der Waals surface area contributed by atoms with Crippen LogP contribution in [0.1, 0.15) is 32.6 Å². The second-order valence-electron chi connectivity index (χ2n) is 4.76. The zero-order valence-corrected chi connectivity index (χ0v) is 10.6. The number of methoxy groups -OCH3 is 2. The molecule has 0 aromatic rings. The highest BCUT2D eigenvalue weighted by Crippen LogP contribution is 2.38. The average molecular weight is 244 g/mol. The van der Waals surface area contributed by atoms with Crippen molar-refractivity contribution < 1.29 is 24.2 Å². The van der Waals surface area contributed by atoms with E-state index in [4.69, 9.17) is 9.47 Å². The Morgan fingerprint density at radius 2 is 1.82 bits per heavy atom. The number of ether oxygens (including phenoxy) is 2. The lowest BCUT2D eigenvalue weighted by Gasteiger charge is -2.29. The highest BCUT2D eigenvalue weighted by atomic mass is 16.5. The Kier molecular flexibility index (Phi) is 4.51. The maximum atomic E-state index is 11.7. The van der Waals surface area contributed by atoms with E-state index in [2.05, 4.69) is 0 Å². The minimum Gasteiger partial charge on any atom is -0.469 e. The number of carbonyl (C=O) groups excluding carboxylic acids is 2. The highest BCUT2D eigenvalue weighted by Gasteiger charge is 2.44. The van der Waals surface area contributed by atoms with Gasteiger partial charge in [-0.3, -0.25) is 9.59 Å². The van der Waals surface area contributed by atoms with Gasteiger partial charge in [-0.1, -0.05) is 0 Å². The topological polar surface area (TPSA) is 72.8 Å². The Morgan fingerprint density at radius 1 is 1.18 bits per heavy atom. The van der Waals surface area contributed by atoms with Crippen LogP contribution in [0.15, 0.2) is 0 Å². The molecule has 0 heterocycles. The van der Waals surface area contributed by atoms with E-state index in [9.17, 15) is 14.7 Å². The fourth-order valence-corrected chi connectivity index (χ4v) is 2.34. The second-order valence-corrected chi connectivity index (χ2v) is 4.76. The van der Waals surface area contributed by atoms with Crippen molar-refractivity contribution in [2.75, 3.05) is 14.2 Å². The van der Waals surface area contributed by atoms with Crippen molar-refractivity contribution in [3.63, 3.8) is 0 Å². The largest absolute Gasteiger partial charge is 0.469 e. The third-order valence-corrected chi connectivity index (χ3v) is 3.72. The van der Waals surface area contributed by atoms with Gasteiger partial charge in [0, 0.05) is 0 Å². The summed E-state index contributed by atoms with van der Waals surface area (Å²) in [5.41, 5.74) is -0.919. The van der Waals surface area contributed by atoms with Crippen molar-refractivity contribution in [3.05, 3.63) is 0 Å². The summed E-state index contributed by atoms with van der Waals surface area (Å²) in [7, 11) is 2.66. The molecule has 0 radical (unpaired) electrons. The Labute approximate surface area is 101 Å². The van der Waals surface area contributed by atoms with Gasteiger partial charge in [-0.05, 0) is 32.6 Å². The molecule has 0 bridgehead atoms. The number of carbonyl (C=O) groups is 2. The maximum Gasteiger partial charge on any atom is 0.314 e. The van der Waals surface area contributed by atoms with E-state index in [0.717, 1.165) is 0 Å². The van der Waals surface area contributed by atoms with Crippen LogP contribution in [0.3, 0.4) is 0 Å². The van der Waals surface area contributed by atoms with Crippen LogP contribution in [0.25, 0.3) is 0 Å². The Morgan fingerprint density at radius 3 is 2.35 bits per heavy atom. The van der Waals surface area contributed by atoms with Crippen molar-refractivity contribution in [1.29, 1.82) is 0 Å². The zero-order chi connectivity index (χ0) is 13.1. The molecule has 1 aliphatic rings. The standard InChI is InChI=1S/C12H20O5/c1-12(11(15)17-3)7-6-8(10(14)16-2)4-5-9(12)13/h8-9,13H,4-7H2,1-3H3/t8-,9+,12-/m0/s1. The van der Waals surface area contributed by atoms with Crippen LogP contribution in [0, 0.1) is 11.3 Å². The van der Waals surface area contributed by atoms with Gasteiger partial charge >= 0.3 is 11.9 Å². The van der Waals surface area contributed by atoms with Crippen molar-refractivity contribution >= 4 is 11.9 Å². The van der Waals surface area contributed by atoms with Gasteiger partial charge in [0.1, 0.15) is 0 Å². The van der Waals surface area contributed by atoms with Gasteiger partial charge in [0.15, 0.2) is 0 Å². The predicted octanol–water partition coefficient (Wildman–Crippen LogP) is 0.890. The first-order chi connectivity index (χ1) is 7.95. The van der Waals surface area contributed by atoms with E-state index in [-0.39, 0.29) is 11.9 Å². The number of esters is 2. The first-order valence-corrected chi connectivity index (χ1v) is 5.80. The summed E-state index contributed by atoms with van der Waals surface area (Å²) >= 11 is 0. The van der Waals surface area contributed by atoms with E-state index >= 15 is 0 Å². The molecule has 0 saturated heterocycles. The van der Waals surface area contributed by atoms with Crippen LogP contribution in [0.4, 0.5) is 0 Å². The van der Waals surface area contributed by atoms with Crippen LogP contribution < -0.4 is 0 Å². The third kappa shape index (κ3) is 2.77. The molecule has 0 unspecified atom stereocenters. The number of hydrogen-bond acceptors (Lipinski definition) is 5. The number of rotatable bonds is 2. The Bertz CT molecular complexity index is 301. The highest BCUT2D eigenvalue weighted by molar-refractivity contribution is 5.77.